The van der Waals surface area contributed by atoms with E-state index in [2.05, 4.69) is 0 Å². The number of furan rings is 1. The normalized spacial score (nSPS) is 12.3. The van der Waals surface area contributed by atoms with Crippen LogP contribution in [0.15, 0.2) is 9.31 Å². The van der Waals surface area contributed by atoms with Crippen LogP contribution in [0, 0.1) is 19.8 Å². The number of sulfonamides is 1. The van der Waals surface area contributed by atoms with Crippen LogP contribution in [-0.4, -0.2) is 37.4 Å². The summed E-state index contributed by atoms with van der Waals surface area (Å²) in [6.45, 7) is 7.24. The van der Waals surface area contributed by atoms with Gasteiger partial charge >= 0.3 is 5.97 Å². The smallest absolute Gasteiger partial charge is 0.340 e. The Hall–Kier alpha value is -1.34. The third kappa shape index (κ3) is 3.21. The first kappa shape index (κ1) is 16.7. The zero-order chi connectivity index (χ0) is 15.7. The Bertz CT molecular complexity index is 601. The molecule has 0 radical (unpaired) electrons. The number of rotatable bonds is 6. The molecule has 0 saturated heterocycles. The lowest BCUT2D eigenvalue weighted by Gasteiger charge is -2.18. The Labute approximate surface area is 119 Å². The summed E-state index contributed by atoms with van der Waals surface area (Å²) in [5.74, 6) is -0.726. The van der Waals surface area contributed by atoms with Gasteiger partial charge in [-0.05, 0) is 26.2 Å². The first-order valence-electron chi connectivity index (χ1n) is 6.38. The molecule has 0 saturated carbocycles. The number of carboxylic acid groups (broad SMARTS) is 1. The van der Waals surface area contributed by atoms with Gasteiger partial charge in [0, 0.05) is 13.6 Å². The first-order chi connectivity index (χ1) is 9.09. The Kier molecular flexibility index (Phi) is 4.99. The molecular formula is C13H21NO5S. The molecule has 1 rings (SSSR count). The molecule has 0 unspecified atom stereocenters. The van der Waals surface area contributed by atoms with E-state index in [0.29, 0.717) is 18.9 Å². The van der Waals surface area contributed by atoms with E-state index in [1.54, 1.807) is 0 Å². The minimum Gasteiger partial charge on any atom is -0.478 e. The van der Waals surface area contributed by atoms with E-state index in [-0.39, 0.29) is 22.0 Å². The molecule has 0 fully saturated rings. The fourth-order valence-corrected chi connectivity index (χ4v) is 3.49. The molecule has 6 nitrogen and oxygen atoms in total. The average Bonchev–Trinajstić information content (AvgIpc) is 2.61. The molecule has 0 aromatic carbocycles. The fraction of sp³-hybridized carbons (Fsp3) is 0.615. The van der Waals surface area contributed by atoms with E-state index in [0.717, 1.165) is 0 Å². The summed E-state index contributed by atoms with van der Waals surface area (Å²) >= 11 is 0. The van der Waals surface area contributed by atoms with Gasteiger partial charge < -0.3 is 9.52 Å². The van der Waals surface area contributed by atoms with Crippen LogP contribution < -0.4 is 0 Å². The minimum absolute atomic E-state index is 0.103. The number of carbonyl (C=O) groups is 1. The summed E-state index contributed by atoms with van der Waals surface area (Å²) in [5.41, 5.74) is -0.279. The highest BCUT2D eigenvalue weighted by Crippen LogP contribution is 2.29. The highest BCUT2D eigenvalue weighted by Gasteiger charge is 2.33. The molecule has 0 bridgehead atoms. The molecule has 1 N–H and O–H groups in total. The zero-order valence-electron chi connectivity index (χ0n) is 12.4. The number of carboxylic acids is 1. The lowest BCUT2D eigenvalue weighted by Crippen LogP contribution is -2.30. The zero-order valence-corrected chi connectivity index (χ0v) is 13.2. The van der Waals surface area contributed by atoms with Crippen molar-refractivity contribution >= 4 is 16.0 Å². The highest BCUT2D eigenvalue weighted by atomic mass is 32.2. The van der Waals surface area contributed by atoms with Gasteiger partial charge in [-0.15, -0.1) is 0 Å². The van der Waals surface area contributed by atoms with Crippen LogP contribution in [0.4, 0.5) is 0 Å². The molecule has 7 heteroatoms. The Balaban J connectivity index is 3.25. The SMILES string of the molecule is Cc1oc(C)c(S(=O)(=O)N(C)CCC(C)C)c1C(=O)O. The molecule has 0 spiro atoms. The largest absolute Gasteiger partial charge is 0.478 e. The van der Waals surface area contributed by atoms with Gasteiger partial charge in [-0.1, -0.05) is 13.8 Å². The summed E-state index contributed by atoms with van der Waals surface area (Å²) in [6.07, 6.45) is 0.702. The Morgan fingerprint density at radius 3 is 2.30 bits per heavy atom. The van der Waals surface area contributed by atoms with Crippen LogP contribution in [0.2, 0.25) is 0 Å². The number of nitrogens with zero attached hydrogens (tertiary/aromatic N) is 1. The molecule has 1 aromatic rings. The summed E-state index contributed by atoms with van der Waals surface area (Å²) in [7, 11) is -2.41. The van der Waals surface area contributed by atoms with Gasteiger partial charge in [0.25, 0.3) is 0 Å². The van der Waals surface area contributed by atoms with Gasteiger partial charge in [-0.25, -0.2) is 17.5 Å². The second-order valence-corrected chi connectivity index (χ2v) is 7.21. The van der Waals surface area contributed by atoms with E-state index in [1.165, 1.54) is 25.2 Å². The van der Waals surface area contributed by atoms with Crippen molar-refractivity contribution < 1.29 is 22.7 Å². The Morgan fingerprint density at radius 2 is 1.85 bits per heavy atom. The molecule has 20 heavy (non-hydrogen) atoms. The molecular weight excluding hydrogens is 282 g/mol. The van der Waals surface area contributed by atoms with Gasteiger partial charge in [0.2, 0.25) is 10.0 Å². The van der Waals surface area contributed by atoms with Gasteiger partial charge in [-0.2, -0.15) is 0 Å². The van der Waals surface area contributed by atoms with Crippen LogP contribution in [0.5, 0.6) is 0 Å². The van der Waals surface area contributed by atoms with Crippen LogP contribution in [0.25, 0.3) is 0 Å². The lowest BCUT2D eigenvalue weighted by atomic mass is 10.1. The molecule has 0 aliphatic carbocycles. The molecule has 0 aliphatic rings. The maximum Gasteiger partial charge on any atom is 0.340 e. The van der Waals surface area contributed by atoms with Crippen LogP contribution in [0.1, 0.15) is 42.1 Å². The van der Waals surface area contributed by atoms with Gasteiger partial charge in [-0.3, -0.25) is 0 Å². The van der Waals surface area contributed by atoms with Crippen molar-refractivity contribution in [2.24, 2.45) is 5.92 Å². The quantitative estimate of drug-likeness (QED) is 0.871. The van der Waals surface area contributed by atoms with Crippen molar-refractivity contribution in [2.45, 2.75) is 39.0 Å². The van der Waals surface area contributed by atoms with Gasteiger partial charge in [0.1, 0.15) is 22.0 Å². The van der Waals surface area contributed by atoms with Gasteiger partial charge in [0.15, 0.2) is 0 Å². The second kappa shape index (κ2) is 5.97. The first-order valence-corrected chi connectivity index (χ1v) is 7.82. The third-order valence-corrected chi connectivity index (χ3v) is 5.12. The highest BCUT2D eigenvalue weighted by molar-refractivity contribution is 7.89. The number of hydrogen-bond donors (Lipinski definition) is 1. The van der Waals surface area contributed by atoms with Gasteiger partial charge in [0.05, 0.1) is 0 Å². The molecule has 114 valence electrons. The van der Waals surface area contributed by atoms with E-state index in [9.17, 15) is 18.3 Å². The predicted molar refractivity (Wildman–Crippen MR) is 74.4 cm³/mol. The topological polar surface area (TPSA) is 87.8 Å². The average molecular weight is 303 g/mol. The lowest BCUT2D eigenvalue weighted by molar-refractivity contribution is 0.0691. The van der Waals surface area contributed by atoms with E-state index in [4.69, 9.17) is 4.42 Å². The van der Waals surface area contributed by atoms with E-state index < -0.39 is 16.0 Å². The minimum atomic E-state index is -3.86. The Morgan fingerprint density at radius 1 is 1.30 bits per heavy atom. The van der Waals surface area contributed by atoms with E-state index in [1.807, 2.05) is 13.8 Å². The summed E-state index contributed by atoms with van der Waals surface area (Å²) in [4.78, 5) is 11.0. The van der Waals surface area contributed by atoms with Crippen molar-refractivity contribution in [3.05, 3.63) is 17.1 Å². The molecule has 0 amide bonds. The van der Waals surface area contributed by atoms with Crippen molar-refractivity contribution in [2.75, 3.05) is 13.6 Å². The predicted octanol–water partition coefficient (Wildman–Crippen LogP) is 2.26. The summed E-state index contributed by atoms with van der Waals surface area (Å²) in [6, 6.07) is 0. The number of aromatic carboxylic acids is 1. The maximum absolute atomic E-state index is 12.5. The van der Waals surface area contributed by atoms with Crippen LogP contribution >= 0.6 is 0 Å². The van der Waals surface area contributed by atoms with Crippen molar-refractivity contribution in [3.8, 4) is 0 Å². The summed E-state index contributed by atoms with van der Waals surface area (Å²) < 4.78 is 31.4. The maximum atomic E-state index is 12.5. The molecule has 0 atom stereocenters. The molecule has 0 aliphatic heterocycles. The standard InChI is InChI=1S/C13H21NO5S/c1-8(2)6-7-14(5)20(17,18)12-10(4)19-9(3)11(12)13(15)16/h8H,6-7H2,1-5H3,(H,15,16). The monoisotopic (exact) mass is 303 g/mol. The van der Waals surface area contributed by atoms with E-state index >= 15 is 0 Å². The summed E-state index contributed by atoms with van der Waals surface area (Å²) in [5, 5.41) is 9.18. The second-order valence-electron chi connectivity index (χ2n) is 5.23. The van der Waals surface area contributed by atoms with Crippen molar-refractivity contribution in [3.63, 3.8) is 0 Å². The molecule has 1 heterocycles. The third-order valence-electron chi connectivity index (χ3n) is 3.11. The van der Waals surface area contributed by atoms with Crippen molar-refractivity contribution in [1.29, 1.82) is 0 Å². The van der Waals surface area contributed by atoms with Crippen molar-refractivity contribution in [1.82, 2.24) is 4.31 Å². The molecule has 1 aromatic heterocycles. The fourth-order valence-electron chi connectivity index (χ4n) is 1.94. The van der Waals surface area contributed by atoms with Crippen LogP contribution in [-0.2, 0) is 10.0 Å². The number of hydrogen-bond acceptors (Lipinski definition) is 4. The number of aryl methyl sites for hydroxylation is 2. The van der Waals surface area contributed by atoms with Crippen LogP contribution in [0.3, 0.4) is 0 Å².